The standard InChI is InChI=1S/C15H9F9N2/c16-13(17,18)8-7(6-4-2-1-3-5-6)11(25)10(15(22,23)24)12(26)9(8)14(19,20)21/h1-5H,25-26H2. The lowest BCUT2D eigenvalue weighted by molar-refractivity contribution is -0.162. The van der Waals surface area contributed by atoms with E-state index in [2.05, 4.69) is 0 Å². The van der Waals surface area contributed by atoms with Crippen LogP contribution in [-0.2, 0) is 18.5 Å². The summed E-state index contributed by atoms with van der Waals surface area (Å²) < 4.78 is 120. The lowest BCUT2D eigenvalue weighted by Gasteiger charge is -2.26. The minimum Gasteiger partial charge on any atom is -0.398 e. The van der Waals surface area contributed by atoms with Crippen molar-refractivity contribution >= 4 is 11.4 Å². The van der Waals surface area contributed by atoms with Gasteiger partial charge < -0.3 is 11.5 Å². The van der Waals surface area contributed by atoms with Gasteiger partial charge in [0.1, 0.15) is 5.56 Å². The van der Waals surface area contributed by atoms with Gasteiger partial charge in [0.05, 0.1) is 22.5 Å². The number of nitrogen functional groups attached to an aromatic ring is 2. The maximum atomic E-state index is 13.4. The molecule has 0 aromatic heterocycles. The number of halogens is 9. The Morgan fingerprint density at radius 3 is 1.35 bits per heavy atom. The lowest BCUT2D eigenvalue weighted by Crippen LogP contribution is -2.25. The third-order valence-electron chi connectivity index (χ3n) is 3.49. The van der Waals surface area contributed by atoms with E-state index >= 15 is 0 Å². The molecule has 0 atom stereocenters. The number of hydrogen-bond acceptors (Lipinski definition) is 2. The quantitative estimate of drug-likeness (QED) is 0.495. The Balaban J connectivity index is 3.17. The molecule has 0 spiro atoms. The molecule has 0 unspecified atom stereocenters. The number of nitrogens with two attached hydrogens (primary N) is 2. The molecule has 4 N–H and O–H groups in total. The molecule has 0 saturated heterocycles. The fraction of sp³-hybridized carbons (Fsp3) is 0.200. The van der Waals surface area contributed by atoms with Gasteiger partial charge in [0, 0.05) is 5.56 Å². The first-order valence-electron chi connectivity index (χ1n) is 6.69. The predicted octanol–water partition coefficient (Wildman–Crippen LogP) is 5.57. The van der Waals surface area contributed by atoms with E-state index in [1.165, 1.54) is 6.07 Å². The minimum absolute atomic E-state index is 0.562. The Bertz CT molecular complexity index is 818. The number of hydrogen-bond donors (Lipinski definition) is 2. The van der Waals surface area contributed by atoms with Crippen LogP contribution in [0.5, 0.6) is 0 Å². The summed E-state index contributed by atoms with van der Waals surface area (Å²) in [5.41, 5.74) is -2.64. The van der Waals surface area contributed by atoms with Crippen molar-refractivity contribution in [2.24, 2.45) is 0 Å². The topological polar surface area (TPSA) is 52.0 Å². The van der Waals surface area contributed by atoms with Crippen LogP contribution < -0.4 is 11.5 Å². The Hall–Kier alpha value is -2.59. The van der Waals surface area contributed by atoms with Crippen LogP contribution in [0, 0.1) is 0 Å². The van der Waals surface area contributed by atoms with Crippen molar-refractivity contribution in [1.29, 1.82) is 0 Å². The second-order valence-corrected chi connectivity index (χ2v) is 5.19. The van der Waals surface area contributed by atoms with Crippen molar-refractivity contribution in [2.45, 2.75) is 18.5 Å². The molecule has 142 valence electrons. The van der Waals surface area contributed by atoms with Crippen LogP contribution in [0.2, 0.25) is 0 Å². The summed E-state index contributed by atoms with van der Waals surface area (Å²) in [5.74, 6) is 0. The van der Waals surface area contributed by atoms with Gasteiger partial charge in [-0.2, -0.15) is 39.5 Å². The summed E-state index contributed by atoms with van der Waals surface area (Å²) in [6, 6.07) is 5.44. The van der Waals surface area contributed by atoms with Gasteiger partial charge >= 0.3 is 18.5 Å². The Morgan fingerprint density at radius 2 is 0.962 bits per heavy atom. The molecule has 0 radical (unpaired) electrons. The Labute approximate surface area is 140 Å². The van der Waals surface area contributed by atoms with E-state index in [4.69, 9.17) is 11.5 Å². The molecule has 11 heteroatoms. The molecule has 2 rings (SSSR count). The maximum absolute atomic E-state index is 13.4. The van der Waals surface area contributed by atoms with Crippen LogP contribution in [0.25, 0.3) is 11.1 Å². The number of anilines is 2. The van der Waals surface area contributed by atoms with Gasteiger partial charge in [-0.25, -0.2) is 0 Å². The number of rotatable bonds is 1. The van der Waals surface area contributed by atoms with E-state index in [9.17, 15) is 39.5 Å². The molecule has 0 fully saturated rings. The molecular weight excluding hydrogens is 379 g/mol. The van der Waals surface area contributed by atoms with Crippen molar-refractivity contribution < 1.29 is 39.5 Å². The highest BCUT2D eigenvalue weighted by Gasteiger charge is 2.51. The van der Waals surface area contributed by atoms with Gasteiger partial charge in [-0.1, -0.05) is 30.3 Å². The number of benzene rings is 2. The SMILES string of the molecule is Nc1c(-c2ccccc2)c(C(F)(F)F)c(C(F)(F)F)c(N)c1C(F)(F)F. The monoisotopic (exact) mass is 388 g/mol. The summed E-state index contributed by atoms with van der Waals surface area (Å²) in [7, 11) is 0. The average molecular weight is 388 g/mol. The Kier molecular flexibility index (Phi) is 4.55. The fourth-order valence-corrected chi connectivity index (χ4v) is 2.58. The third kappa shape index (κ3) is 3.37. The minimum atomic E-state index is -5.80. The zero-order chi connectivity index (χ0) is 20.1. The molecular formula is C15H9F9N2. The van der Waals surface area contributed by atoms with Crippen molar-refractivity contribution in [1.82, 2.24) is 0 Å². The summed E-state index contributed by atoms with van der Waals surface area (Å²) in [6.07, 6.45) is -17.0. The van der Waals surface area contributed by atoms with E-state index < -0.39 is 57.7 Å². The summed E-state index contributed by atoms with van der Waals surface area (Å²) in [5, 5.41) is 0. The van der Waals surface area contributed by atoms with E-state index in [0.717, 1.165) is 24.3 Å². The normalized spacial score (nSPS) is 13.1. The van der Waals surface area contributed by atoms with Gasteiger partial charge in [0.15, 0.2) is 0 Å². The van der Waals surface area contributed by atoms with Gasteiger partial charge in [0.25, 0.3) is 0 Å². The first-order valence-corrected chi connectivity index (χ1v) is 6.69. The predicted molar refractivity (Wildman–Crippen MR) is 75.7 cm³/mol. The van der Waals surface area contributed by atoms with E-state index in [-0.39, 0.29) is 0 Å². The highest BCUT2D eigenvalue weighted by molar-refractivity contribution is 5.88. The summed E-state index contributed by atoms with van der Waals surface area (Å²) >= 11 is 0. The smallest absolute Gasteiger partial charge is 0.398 e. The van der Waals surface area contributed by atoms with E-state index in [1.807, 2.05) is 0 Å². The fourth-order valence-electron chi connectivity index (χ4n) is 2.58. The molecule has 26 heavy (non-hydrogen) atoms. The van der Waals surface area contributed by atoms with Crippen LogP contribution in [0.15, 0.2) is 30.3 Å². The van der Waals surface area contributed by atoms with Crippen molar-refractivity contribution in [3.63, 3.8) is 0 Å². The molecule has 0 aliphatic heterocycles. The van der Waals surface area contributed by atoms with Gasteiger partial charge in [-0.05, 0) is 5.56 Å². The lowest BCUT2D eigenvalue weighted by atomic mass is 9.88. The first kappa shape index (κ1) is 19.7. The second kappa shape index (κ2) is 5.99. The third-order valence-corrected chi connectivity index (χ3v) is 3.49. The molecule has 2 aromatic carbocycles. The average Bonchev–Trinajstić information content (AvgIpc) is 2.43. The highest BCUT2D eigenvalue weighted by atomic mass is 19.4. The molecule has 0 saturated carbocycles. The van der Waals surface area contributed by atoms with Crippen LogP contribution in [0.4, 0.5) is 50.9 Å². The summed E-state index contributed by atoms with van der Waals surface area (Å²) in [6.45, 7) is 0. The molecule has 2 aromatic rings. The van der Waals surface area contributed by atoms with Crippen molar-refractivity contribution in [3.8, 4) is 11.1 Å². The molecule has 0 heterocycles. The van der Waals surface area contributed by atoms with Crippen LogP contribution in [0.1, 0.15) is 16.7 Å². The number of alkyl halides is 9. The molecule has 0 bridgehead atoms. The van der Waals surface area contributed by atoms with E-state index in [0.29, 0.717) is 0 Å². The van der Waals surface area contributed by atoms with Crippen LogP contribution in [-0.4, -0.2) is 0 Å². The van der Waals surface area contributed by atoms with Gasteiger partial charge in [-0.3, -0.25) is 0 Å². The molecule has 0 amide bonds. The van der Waals surface area contributed by atoms with Crippen molar-refractivity contribution in [3.05, 3.63) is 47.0 Å². The molecule has 0 aliphatic carbocycles. The van der Waals surface area contributed by atoms with Crippen LogP contribution >= 0.6 is 0 Å². The molecule has 0 aliphatic rings. The van der Waals surface area contributed by atoms with Crippen molar-refractivity contribution in [2.75, 3.05) is 11.5 Å². The van der Waals surface area contributed by atoms with Crippen LogP contribution in [0.3, 0.4) is 0 Å². The molecule has 2 nitrogen and oxygen atoms in total. The highest BCUT2D eigenvalue weighted by Crippen LogP contribution is 2.54. The van der Waals surface area contributed by atoms with E-state index in [1.54, 1.807) is 0 Å². The van der Waals surface area contributed by atoms with Gasteiger partial charge in [-0.15, -0.1) is 0 Å². The maximum Gasteiger partial charge on any atom is 0.420 e. The zero-order valence-corrected chi connectivity index (χ0v) is 12.4. The van der Waals surface area contributed by atoms with Gasteiger partial charge in [0.2, 0.25) is 0 Å². The zero-order valence-electron chi connectivity index (χ0n) is 12.4. The summed E-state index contributed by atoms with van der Waals surface area (Å²) in [4.78, 5) is 0. The second-order valence-electron chi connectivity index (χ2n) is 5.19. The first-order chi connectivity index (χ1) is 11.7. The largest absolute Gasteiger partial charge is 0.420 e. The Morgan fingerprint density at radius 1 is 0.538 bits per heavy atom.